The van der Waals surface area contributed by atoms with Crippen molar-refractivity contribution in [3.05, 3.63) is 35.4 Å². The summed E-state index contributed by atoms with van der Waals surface area (Å²) in [6.07, 6.45) is 3.46. The molecule has 0 saturated heterocycles. The molecule has 21 heavy (non-hydrogen) atoms. The molecule has 0 fully saturated rings. The van der Waals surface area contributed by atoms with Crippen LogP contribution in [0.4, 0.5) is 0 Å². The fraction of sp³-hybridized carbons (Fsp3) is 0.529. The van der Waals surface area contributed by atoms with Crippen molar-refractivity contribution in [2.24, 2.45) is 0 Å². The maximum atomic E-state index is 12.1. The third-order valence-corrected chi connectivity index (χ3v) is 4.30. The highest BCUT2D eigenvalue weighted by Gasteiger charge is 2.25. The maximum Gasteiger partial charge on any atom is 0.335 e. The fourth-order valence-electron chi connectivity index (χ4n) is 2.57. The zero-order valence-corrected chi connectivity index (χ0v) is 13.1. The molecule has 1 aromatic carbocycles. The summed E-state index contributed by atoms with van der Waals surface area (Å²) >= 11 is 0. The molecule has 4 heteroatoms. The van der Waals surface area contributed by atoms with Crippen molar-refractivity contribution in [2.75, 3.05) is 0 Å². The second-order valence-corrected chi connectivity index (χ2v) is 5.35. The number of carbonyl (C=O) groups excluding carboxylic acids is 1. The minimum atomic E-state index is -0.948. The molecular formula is C17H25NO3. The standard InChI is InChI=1S/C17H25NO3/c1-4-17(5-2,6-3)18-15(19)12-11-13-9-7-8-10-14(13)16(20)21/h7-10H,4-6,11-12H2,1-3H3,(H,18,19)(H,20,21). The Kier molecular flexibility index (Phi) is 6.40. The van der Waals surface area contributed by atoms with Gasteiger partial charge in [0.25, 0.3) is 0 Å². The fourth-order valence-corrected chi connectivity index (χ4v) is 2.57. The van der Waals surface area contributed by atoms with Crippen LogP contribution in [0.1, 0.15) is 62.4 Å². The quantitative estimate of drug-likeness (QED) is 0.771. The molecule has 0 aliphatic rings. The number of aryl methyl sites for hydroxylation is 1. The first-order valence-corrected chi connectivity index (χ1v) is 7.60. The molecule has 0 unspecified atom stereocenters. The van der Waals surface area contributed by atoms with Crippen molar-refractivity contribution in [1.82, 2.24) is 5.32 Å². The number of carbonyl (C=O) groups is 2. The molecule has 4 nitrogen and oxygen atoms in total. The number of benzene rings is 1. The highest BCUT2D eigenvalue weighted by atomic mass is 16.4. The second kappa shape index (κ2) is 7.81. The van der Waals surface area contributed by atoms with E-state index >= 15 is 0 Å². The van der Waals surface area contributed by atoms with Crippen LogP contribution in [0.5, 0.6) is 0 Å². The Morgan fingerprint density at radius 1 is 1.10 bits per heavy atom. The smallest absolute Gasteiger partial charge is 0.335 e. The number of aromatic carboxylic acids is 1. The van der Waals surface area contributed by atoms with E-state index in [0.717, 1.165) is 19.3 Å². The summed E-state index contributed by atoms with van der Waals surface area (Å²) in [5, 5.41) is 12.2. The Morgan fingerprint density at radius 2 is 1.67 bits per heavy atom. The van der Waals surface area contributed by atoms with E-state index in [1.807, 2.05) is 0 Å². The molecule has 1 amide bonds. The first kappa shape index (κ1) is 17.2. The van der Waals surface area contributed by atoms with Gasteiger partial charge in [-0.15, -0.1) is 0 Å². The minimum absolute atomic E-state index is 0.0132. The van der Waals surface area contributed by atoms with E-state index in [1.165, 1.54) is 0 Å². The first-order valence-electron chi connectivity index (χ1n) is 7.60. The van der Waals surface area contributed by atoms with Crippen molar-refractivity contribution >= 4 is 11.9 Å². The average molecular weight is 291 g/mol. The van der Waals surface area contributed by atoms with Gasteiger partial charge < -0.3 is 10.4 Å². The van der Waals surface area contributed by atoms with Gasteiger partial charge in [-0.1, -0.05) is 39.0 Å². The van der Waals surface area contributed by atoms with Gasteiger partial charge in [0.2, 0.25) is 5.91 Å². The number of hydrogen-bond acceptors (Lipinski definition) is 2. The highest BCUT2D eigenvalue weighted by Crippen LogP contribution is 2.19. The van der Waals surface area contributed by atoms with Crippen LogP contribution in [0.2, 0.25) is 0 Å². The second-order valence-electron chi connectivity index (χ2n) is 5.35. The zero-order valence-electron chi connectivity index (χ0n) is 13.1. The molecule has 2 N–H and O–H groups in total. The van der Waals surface area contributed by atoms with Crippen LogP contribution < -0.4 is 5.32 Å². The summed E-state index contributed by atoms with van der Waals surface area (Å²) < 4.78 is 0. The van der Waals surface area contributed by atoms with Crippen molar-refractivity contribution in [2.45, 2.75) is 58.4 Å². The van der Waals surface area contributed by atoms with Crippen LogP contribution >= 0.6 is 0 Å². The Balaban J connectivity index is 2.68. The molecule has 0 saturated carbocycles. The predicted octanol–water partition coefficient (Wildman–Crippen LogP) is 3.40. The summed E-state index contributed by atoms with van der Waals surface area (Å²) in [4.78, 5) is 23.3. The molecule has 0 spiro atoms. The molecule has 0 atom stereocenters. The SMILES string of the molecule is CCC(CC)(CC)NC(=O)CCc1ccccc1C(=O)O. The lowest BCUT2D eigenvalue weighted by molar-refractivity contribution is -0.123. The van der Waals surface area contributed by atoms with Gasteiger partial charge in [-0.3, -0.25) is 4.79 Å². The number of carboxylic acid groups (broad SMARTS) is 1. The van der Waals surface area contributed by atoms with Crippen LogP contribution in [-0.4, -0.2) is 22.5 Å². The molecule has 0 aliphatic heterocycles. The molecule has 0 heterocycles. The highest BCUT2D eigenvalue weighted by molar-refractivity contribution is 5.89. The Bertz CT molecular complexity index is 484. The van der Waals surface area contributed by atoms with Gasteiger partial charge in [0, 0.05) is 12.0 Å². The lowest BCUT2D eigenvalue weighted by Crippen LogP contribution is -2.47. The first-order chi connectivity index (χ1) is 9.98. The topological polar surface area (TPSA) is 66.4 Å². The van der Waals surface area contributed by atoms with Crippen molar-refractivity contribution in [3.8, 4) is 0 Å². The Labute approximate surface area is 126 Å². The van der Waals surface area contributed by atoms with Crippen LogP contribution in [-0.2, 0) is 11.2 Å². The van der Waals surface area contributed by atoms with Crippen molar-refractivity contribution in [3.63, 3.8) is 0 Å². The van der Waals surface area contributed by atoms with Crippen LogP contribution in [0.15, 0.2) is 24.3 Å². The number of rotatable bonds is 8. The summed E-state index contributed by atoms with van der Waals surface area (Å²) in [6.45, 7) is 6.23. The van der Waals surface area contributed by atoms with E-state index in [2.05, 4.69) is 26.1 Å². The van der Waals surface area contributed by atoms with Gasteiger partial charge >= 0.3 is 5.97 Å². The average Bonchev–Trinajstić information content (AvgIpc) is 2.51. The van der Waals surface area contributed by atoms with E-state index in [-0.39, 0.29) is 17.0 Å². The van der Waals surface area contributed by atoms with Gasteiger partial charge in [-0.05, 0) is 37.3 Å². The summed E-state index contributed by atoms with van der Waals surface area (Å²) in [5.41, 5.74) is 0.844. The van der Waals surface area contributed by atoms with E-state index in [0.29, 0.717) is 18.4 Å². The third-order valence-electron chi connectivity index (χ3n) is 4.30. The maximum absolute atomic E-state index is 12.1. The van der Waals surface area contributed by atoms with Gasteiger partial charge in [0.1, 0.15) is 0 Å². The van der Waals surface area contributed by atoms with Crippen molar-refractivity contribution in [1.29, 1.82) is 0 Å². The number of amides is 1. The monoisotopic (exact) mass is 291 g/mol. The summed E-state index contributed by atoms with van der Waals surface area (Å²) in [5.74, 6) is -0.961. The molecule has 1 aromatic rings. The van der Waals surface area contributed by atoms with Gasteiger partial charge in [-0.2, -0.15) is 0 Å². The van der Waals surface area contributed by atoms with Crippen molar-refractivity contribution < 1.29 is 14.7 Å². The van der Waals surface area contributed by atoms with E-state index < -0.39 is 5.97 Å². The van der Waals surface area contributed by atoms with Crippen LogP contribution in [0.3, 0.4) is 0 Å². The van der Waals surface area contributed by atoms with Gasteiger partial charge in [0.05, 0.1) is 5.56 Å². The molecule has 1 rings (SSSR count). The molecule has 0 radical (unpaired) electrons. The van der Waals surface area contributed by atoms with E-state index in [4.69, 9.17) is 5.11 Å². The molecule has 116 valence electrons. The molecule has 0 bridgehead atoms. The van der Waals surface area contributed by atoms with Gasteiger partial charge in [-0.25, -0.2) is 4.79 Å². The number of nitrogens with one attached hydrogen (secondary N) is 1. The van der Waals surface area contributed by atoms with E-state index in [9.17, 15) is 9.59 Å². The normalized spacial score (nSPS) is 11.2. The lowest BCUT2D eigenvalue weighted by Gasteiger charge is -2.31. The Morgan fingerprint density at radius 3 is 2.19 bits per heavy atom. The zero-order chi connectivity index (χ0) is 15.9. The number of carboxylic acids is 1. The largest absolute Gasteiger partial charge is 0.478 e. The summed E-state index contributed by atoms with van der Waals surface area (Å²) in [7, 11) is 0. The molecule has 0 aliphatic carbocycles. The minimum Gasteiger partial charge on any atom is -0.478 e. The van der Waals surface area contributed by atoms with Gasteiger partial charge in [0.15, 0.2) is 0 Å². The Hall–Kier alpha value is -1.84. The predicted molar refractivity (Wildman–Crippen MR) is 83.5 cm³/mol. The van der Waals surface area contributed by atoms with Crippen LogP contribution in [0.25, 0.3) is 0 Å². The van der Waals surface area contributed by atoms with Crippen LogP contribution in [0, 0.1) is 0 Å². The molecular weight excluding hydrogens is 266 g/mol. The molecule has 0 aromatic heterocycles. The van der Waals surface area contributed by atoms with E-state index in [1.54, 1.807) is 24.3 Å². The summed E-state index contributed by atoms with van der Waals surface area (Å²) in [6, 6.07) is 6.84. The third kappa shape index (κ3) is 4.59. The number of hydrogen-bond donors (Lipinski definition) is 2. The lowest BCUT2D eigenvalue weighted by atomic mass is 9.89.